The quantitative estimate of drug-likeness (QED) is 0.570. The van der Waals surface area contributed by atoms with Crippen molar-refractivity contribution >= 4 is 40.5 Å². The lowest BCUT2D eigenvalue weighted by Crippen LogP contribution is -2.34. The van der Waals surface area contributed by atoms with E-state index in [0.717, 1.165) is 15.5 Å². The van der Waals surface area contributed by atoms with Gasteiger partial charge < -0.3 is 21.4 Å². The summed E-state index contributed by atoms with van der Waals surface area (Å²) in [6.45, 7) is 3.84. The average molecular weight is 416 g/mol. The van der Waals surface area contributed by atoms with Crippen LogP contribution in [0.2, 0.25) is 0 Å². The number of amides is 1. The van der Waals surface area contributed by atoms with Gasteiger partial charge in [0, 0.05) is 22.8 Å². The van der Waals surface area contributed by atoms with Crippen molar-refractivity contribution in [3.8, 4) is 0 Å². The molecule has 1 amide bonds. The van der Waals surface area contributed by atoms with Crippen LogP contribution in [-0.2, 0) is 17.9 Å². The van der Waals surface area contributed by atoms with Crippen molar-refractivity contribution in [2.75, 3.05) is 11.5 Å². The van der Waals surface area contributed by atoms with Gasteiger partial charge in [-0.3, -0.25) is 9.59 Å². The molecule has 0 aromatic carbocycles. The van der Waals surface area contributed by atoms with Crippen LogP contribution in [0, 0.1) is 13.8 Å². The second-order valence-electron chi connectivity index (χ2n) is 6.25. The summed E-state index contributed by atoms with van der Waals surface area (Å²) in [7, 11) is 0. The first-order valence-electron chi connectivity index (χ1n) is 8.55. The molecule has 0 unspecified atom stereocenters. The molecule has 0 aliphatic rings. The summed E-state index contributed by atoms with van der Waals surface area (Å²) < 4.78 is 2.44. The third kappa shape index (κ3) is 4.55. The Labute approximate surface area is 170 Å². The zero-order valence-electron chi connectivity index (χ0n) is 15.6. The first-order valence-corrected chi connectivity index (χ1v) is 10.2. The fraction of sp³-hybridized carbons (Fsp3) is 0.211. The van der Waals surface area contributed by atoms with Crippen molar-refractivity contribution in [1.29, 1.82) is 0 Å². The molecular formula is C19H21N5O2S2. The Morgan fingerprint density at radius 3 is 2.75 bits per heavy atom. The molecule has 0 spiro atoms. The van der Waals surface area contributed by atoms with Crippen molar-refractivity contribution in [3.63, 3.8) is 0 Å². The number of thiophene rings is 1. The van der Waals surface area contributed by atoms with Crippen LogP contribution >= 0.6 is 23.1 Å². The third-order valence-corrected chi connectivity index (χ3v) is 6.30. The second kappa shape index (κ2) is 8.49. The molecule has 3 rings (SSSR count). The number of nitrogens with one attached hydrogen (secondary N) is 1. The number of anilines is 2. The van der Waals surface area contributed by atoms with Gasteiger partial charge in [0.1, 0.15) is 18.1 Å². The Morgan fingerprint density at radius 1 is 1.29 bits per heavy atom. The Balaban J connectivity index is 1.72. The summed E-state index contributed by atoms with van der Waals surface area (Å²) in [5.41, 5.74) is 13.8. The van der Waals surface area contributed by atoms with Gasteiger partial charge in [-0.25, -0.2) is 4.98 Å². The number of nitrogens with zero attached hydrogens (tertiary/aromatic N) is 2. The van der Waals surface area contributed by atoms with Gasteiger partial charge in [-0.1, -0.05) is 23.9 Å². The van der Waals surface area contributed by atoms with Crippen LogP contribution in [0.4, 0.5) is 11.5 Å². The van der Waals surface area contributed by atoms with Crippen LogP contribution in [0.3, 0.4) is 0 Å². The normalized spacial score (nSPS) is 10.8. The van der Waals surface area contributed by atoms with Gasteiger partial charge in [-0.15, -0.1) is 11.3 Å². The van der Waals surface area contributed by atoms with E-state index in [1.807, 2.05) is 36.6 Å². The summed E-state index contributed by atoms with van der Waals surface area (Å²) >= 11 is 3.03. The van der Waals surface area contributed by atoms with Crippen molar-refractivity contribution in [2.24, 2.45) is 0 Å². The van der Waals surface area contributed by atoms with E-state index in [-0.39, 0.29) is 23.7 Å². The molecule has 0 aliphatic heterocycles. The topological polar surface area (TPSA) is 116 Å². The molecule has 3 aromatic rings. The van der Waals surface area contributed by atoms with Crippen LogP contribution in [0.1, 0.15) is 17.0 Å². The zero-order valence-corrected chi connectivity index (χ0v) is 17.2. The lowest BCUT2D eigenvalue weighted by atomic mass is 10.2. The first kappa shape index (κ1) is 20.0. The molecule has 0 saturated heterocycles. The fourth-order valence-corrected chi connectivity index (χ4v) is 4.52. The van der Waals surface area contributed by atoms with Crippen LogP contribution in [-0.4, -0.2) is 15.5 Å². The maximum atomic E-state index is 12.7. The van der Waals surface area contributed by atoms with Gasteiger partial charge in [0.15, 0.2) is 0 Å². The fourth-order valence-electron chi connectivity index (χ4n) is 2.66. The van der Waals surface area contributed by atoms with Gasteiger partial charge in [-0.2, -0.15) is 0 Å². The summed E-state index contributed by atoms with van der Waals surface area (Å²) in [6.07, 6.45) is 0. The Morgan fingerprint density at radius 2 is 2.07 bits per heavy atom. The molecule has 28 heavy (non-hydrogen) atoms. The minimum Gasteiger partial charge on any atom is -0.393 e. The van der Waals surface area contributed by atoms with Crippen LogP contribution in [0.5, 0.6) is 0 Å². The largest absolute Gasteiger partial charge is 0.393 e. The molecule has 0 atom stereocenters. The number of pyridine rings is 2. The van der Waals surface area contributed by atoms with E-state index in [0.29, 0.717) is 23.0 Å². The van der Waals surface area contributed by atoms with E-state index in [1.165, 1.54) is 16.3 Å². The Bertz CT molecular complexity index is 1060. The standard InChI is InChI=1S/C19H21N5O2S2/c1-11-8-14(28-17-4-3-7-27-17)18(21)19(26)24(11)10-16(25)22-9-13-5-6-15(20)23-12(13)2/h3-8H,9-10,21H2,1-2H3,(H2,20,23)(H,22,25). The van der Waals surface area contributed by atoms with E-state index >= 15 is 0 Å². The number of aryl methyl sites for hydroxylation is 2. The number of hydrogen-bond acceptors (Lipinski definition) is 7. The van der Waals surface area contributed by atoms with E-state index in [9.17, 15) is 9.59 Å². The lowest BCUT2D eigenvalue weighted by Gasteiger charge is -2.14. The predicted octanol–water partition coefficient (Wildman–Crippen LogP) is 2.55. The van der Waals surface area contributed by atoms with E-state index in [1.54, 1.807) is 24.3 Å². The van der Waals surface area contributed by atoms with Crippen molar-refractivity contribution in [3.05, 3.63) is 63.0 Å². The highest BCUT2D eigenvalue weighted by atomic mass is 32.2. The minimum atomic E-state index is -0.362. The van der Waals surface area contributed by atoms with Gasteiger partial charge in [-0.05, 0) is 43.0 Å². The lowest BCUT2D eigenvalue weighted by molar-refractivity contribution is -0.121. The van der Waals surface area contributed by atoms with E-state index in [2.05, 4.69) is 10.3 Å². The monoisotopic (exact) mass is 415 g/mol. The zero-order chi connectivity index (χ0) is 20.3. The highest BCUT2D eigenvalue weighted by Crippen LogP contribution is 2.33. The molecule has 7 nitrogen and oxygen atoms in total. The van der Waals surface area contributed by atoms with Crippen LogP contribution in [0.25, 0.3) is 0 Å². The molecule has 0 fully saturated rings. The van der Waals surface area contributed by atoms with Gasteiger partial charge in [0.2, 0.25) is 5.91 Å². The third-order valence-electron chi connectivity index (χ3n) is 4.21. The number of aromatic nitrogens is 2. The number of nitrogens with two attached hydrogens (primary N) is 2. The van der Waals surface area contributed by atoms with Crippen molar-refractivity contribution in [2.45, 2.75) is 36.0 Å². The van der Waals surface area contributed by atoms with E-state index in [4.69, 9.17) is 11.5 Å². The number of carbonyl (C=O) groups excluding carboxylic acids is 1. The molecule has 3 aromatic heterocycles. The number of carbonyl (C=O) groups is 1. The average Bonchev–Trinajstić information content (AvgIpc) is 3.15. The molecule has 5 N–H and O–H groups in total. The molecule has 3 heterocycles. The molecular weight excluding hydrogens is 394 g/mol. The van der Waals surface area contributed by atoms with Gasteiger partial charge in [0.05, 0.1) is 4.21 Å². The Hall–Kier alpha value is -2.78. The highest BCUT2D eigenvalue weighted by Gasteiger charge is 2.14. The molecule has 0 bridgehead atoms. The molecule has 0 saturated carbocycles. The van der Waals surface area contributed by atoms with Crippen LogP contribution in [0.15, 0.2) is 49.6 Å². The van der Waals surface area contributed by atoms with Gasteiger partial charge >= 0.3 is 0 Å². The summed E-state index contributed by atoms with van der Waals surface area (Å²) in [4.78, 5) is 29.9. The summed E-state index contributed by atoms with van der Waals surface area (Å²) in [6, 6.07) is 9.26. The smallest absolute Gasteiger partial charge is 0.275 e. The van der Waals surface area contributed by atoms with Crippen LogP contribution < -0.4 is 22.3 Å². The van der Waals surface area contributed by atoms with Crippen molar-refractivity contribution < 1.29 is 4.79 Å². The number of hydrogen-bond donors (Lipinski definition) is 3. The molecule has 9 heteroatoms. The summed E-state index contributed by atoms with van der Waals surface area (Å²) in [5, 5.41) is 4.78. The second-order valence-corrected chi connectivity index (χ2v) is 8.54. The number of nitrogen functional groups attached to an aromatic ring is 2. The first-order chi connectivity index (χ1) is 13.3. The van der Waals surface area contributed by atoms with Gasteiger partial charge in [0.25, 0.3) is 5.56 Å². The highest BCUT2D eigenvalue weighted by molar-refractivity contribution is 8.01. The van der Waals surface area contributed by atoms with E-state index < -0.39 is 0 Å². The molecule has 0 aliphatic carbocycles. The molecule has 0 radical (unpaired) electrons. The Kier molecular flexibility index (Phi) is 6.05. The summed E-state index contributed by atoms with van der Waals surface area (Å²) in [5.74, 6) is 0.158. The van der Waals surface area contributed by atoms with Crippen molar-refractivity contribution in [1.82, 2.24) is 14.9 Å². The SMILES string of the molecule is Cc1nc(N)ccc1CNC(=O)Cn1c(C)cc(Sc2cccs2)c(N)c1=O. The number of rotatable bonds is 6. The minimum absolute atomic E-state index is 0.0970. The maximum absolute atomic E-state index is 12.7. The predicted molar refractivity (Wildman–Crippen MR) is 114 cm³/mol. The maximum Gasteiger partial charge on any atom is 0.275 e. The molecule has 146 valence electrons.